The Morgan fingerprint density at radius 3 is 2.52 bits per heavy atom. The van der Waals surface area contributed by atoms with Gasteiger partial charge in [-0.2, -0.15) is 4.37 Å². The second kappa shape index (κ2) is 7.65. The van der Waals surface area contributed by atoms with E-state index in [-0.39, 0.29) is 17.9 Å². The lowest BCUT2D eigenvalue weighted by Gasteiger charge is -2.32. The molecule has 0 spiro atoms. The molecular weight excluding hydrogens is 336 g/mol. The zero-order valence-corrected chi connectivity index (χ0v) is 15.2. The molecule has 0 radical (unpaired) electrons. The van der Waals surface area contributed by atoms with Gasteiger partial charge in [0.15, 0.2) is 0 Å². The fourth-order valence-corrected chi connectivity index (χ4v) is 3.77. The predicted octanol–water partition coefficient (Wildman–Crippen LogP) is 2.53. The number of nitrogens with zero attached hydrogens (tertiary/aromatic N) is 2. The summed E-state index contributed by atoms with van der Waals surface area (Å²) in [5.74, 6) is -0.0378. The van der Waals surface area contributed by atoms with Crippen molar-refractivity contribution in [3.63, 3.8) is 0 Å². The maximum atomic E-state index is 12.8. The summed E-state index contributed by atoms with van der Waals surface area (Å²) in [6.45, 7) is 3.13. The monoisotopic (exact) mass is 358 g/mol. The number of carbonyl (C=O) groups is 2. The van der Waals surface area contributed by atoms with Gasteiger partial charge in [-0.25, -0.2) is 0 Å². The number of piperidine rings is 1. The zero-order valence-electron chi connectivity index (χ0n) is 14.4. The number of likely N-dealkylation sites (tertiary alicyclic amines) is 1. The highest BCUT2D eigenvalue weighted by Crippen LogP contribution is 2.26. The molecule has 2 aromatic rings. The predicted molar refractivity (Wildman–Crippen MR) is 99.2 cm³/mol. The van der Waals surface area contributed by atoms with Crippen LogP contribution in [-0.2, 0) is 0 Å². The van der Waals surface area contributed by atoms with Gasteiger partial charge in [-0.3, -0.25) is 9.59 Å². The van der Waals surface area contributed by atoms with Crippen molar-refractivity contribution in [3.8, 4) is 0 Å². The van der Waals surface area contributed by atoms with Crippen LogP contribution in [0.25, 0.3) is 0 Å². The number of hydrogen-bond acceptors (Lipinski definition) is 5. The SMILES string of the molecule is CNc1snc(C)c1C(=O)N1CCC(NC(=O)c2ccccc2)CC1. The smallest absolute Gasteiger partial charge is 0.258 e. The van der Waals surface area contributed by atoms with Gasteiger partial charge in [-0.1, -0.05) is 18.2 Å². The van der Waals surface area contributed by atoms with Crippen LogP contribution in [0, 0.1) is 6.92 Å². The van der Waals surface area contributed by atoms with Gasteiger partial charge in [-0.05, 0) is 43.4 Å². The van der Waals surface area contributed by atoms with Crippen molar-refractivity contribution >= 4 is 28.3 Å². The number of rotatable bonds is 4. The van der Waals surface area contributed by atoms with Crippen LogP contribution in [0.2, 0.25) is 0 Å². The van der Waals surface area contributed by atoms with E-state index in [9.17, 15) is 9.59 Å². The summed E-state index contributed by atoms with van der Waals surface area (Å²) in [5.41, 5.74) is 2.10. The maximum Gasteiger partial charge on any atom is 0.258 e. The fraction of sp³-hybridized carbons (Fsp3) is 0.389. The average molecular weight is 358 g/mol. The molecule has 1 aliphatic rings. The maximum absolute atomic E-state index is 12.8. The van der Waals surface area contributed by atoms with Crippen molar-refractivity contribution in [1.29, 1.82) is 0 Å². The number of carbonyl (C=O) groups excluding carboxylic acids is 2. The van der Waals surface area contributed by atoms with Gasteiger partial charge in [0, 0.05) is 31.7 Å². The van der Waals surface area contributed by atoms with E-state index in [0.29, 0.717) is 24.2 Å². The highest BCUT2D eigenvalue weighted by Gasteiger charge is 2.28. The van der Waals surface area contributed by atoms with Crippen LogP contribution >= 0.6 is 11.5 Å². The van der Waals surface area contributed by atoms with E-state index in [1.54, 1.807) is 19.2 Å². The molecule has 1 aromatic heterocycles. The number of anilines is 1. The summed E-state index contributed by atoms with van der Waals surface area (Å²) >= 11 is 1.31. The van der Waals surface area contributed by atoms with Gasteiger partial charge in [-0.15, -0.1) is 0 Å². The van der Waals surface area contributed by atoms with Crippen molar-refractivity contribution in [2.45, 2.75) is 25.8 Å². The molecule has 0 unspecified atom stereocenters. The lowest BCUT2D eigenvalue weighted by atomic mass is 10.0. The number of benzene rings is 1. The van der Waals surface area contributed by atoms with Gasteiger partial charge in [0.05, 0.1) is 11.3 Å². The normalized spacial score (nSPS) is 15.0. The van der Waals surface area contributed by atoms with E-state index in [4.69, 9.17) is 0 Å². The lowest BCUT2D eigenvalue weighted by molar-refractivity contribution is 0.0698. The van der Waals surface area contributed by atoms with Gasteiger partial charge in [0.1, 0.15) is 5.00 Å². The first kappa shape index (κ1) is 17.4. The summed E-state index contributed by atoms with van der Waals surface area (Å²) in [4.78, 5) is 26.9. The first-order valence-corrected chi connectivity index (χ1v) is 9.16. The van der Waals surface area contributed by atoms with E-state index >= 15 is 0 Å². The van der Waals surface area contributed by atoms with E-state index in [1.807, 2.05) is 30.0 Å². The Labute approximate surface area is 151 Å². The summed E-state index contributed by atoms with van der Waals surface area (Å²) in [6.07, 6.45) is 1.52. The van der Waals surface area contributed by atoms with Crippen LogP contribution in [0.5, 0.6) is 0 Å². The molecule has 1 saturated heterocycles. The van der Waals surface area contributed by atoms with Crippen molar-refractivity contribution in [2.24, 2.45) is 0 Å². The Hall–Kier alpha value is -2.41. The topological polar surface area (TPSA) is 74.3 Å². The number of aryl methyl sites for hydroxylation is 1. The van der Waals surface area contributed by atoms with Crippen molar-refractivity contribution in [1.82, 2.24) is 14.6 Å². The first-order valence-electron chi connectivity index (χ1n) is 8.39. The summed E-state index contributed by atoms with van der Waals surface area (Å²) in [7, 11) is 1.80. The number of nitrogens with one attached hydrogen (secondary N) is 2. The van der Waals surface area contributed by atoms with Gasteiger partial charge < -0.3 is 15.5 Å². The van der Waals surface area contributed by atoms with Gasteiger partial charge >= 0.3 is 0 Å². The molecule has 2 amide bonds. The summed E-state index contributed by atoms with van der Waals surface area (Å²) in [6, 6.07) is 9.31. The molecular formula is C18H22N4O2S. The average Bonchev–Trinajstić information content (AvgIpc) is 3.03. The third-order valence-electron chi connectivity index (χ3n) is 4.46. The number of amides is 2. The van der Waals surface area contributed by atoms with Crippen LogP contribution in [0.15, 0.2) is 30.3 Å². The van der Waals surface area contributed by atoms with Crippen LogP contribution in [0.4, 0.5) is 5.00 Å². The highest BCUT2D eigenvalue weighted by molar-refractivity contribution is 7.10. The van der Waals surface area contributed by atoms with Crippen LogP contribution in [-0.4, -0.2) is 47.3 Å². The molecule has 2 heterocycles. The molecule has 1 aromatic carbocycles. The third kappa shape index (κ3) is 3.82. The van der Waals surface area contributed by atoms with E-state index in [2.05, 4.69) is 15.0 Å². The quantitative estimate of drug-likeness (QED) is 0.881. The minimum atomic E-state index is -0.0549. The van der Waals surface area contributed by atoms with E-state index in [0.717, 1.165) is 23.5 Å². The van der Waals surface area contributed by atoms with E-state index < -0.39 is 0 Å². The molecule has 6 nitrogen and oxygen atoms in total. The van der Waals surface area contributed by atoms with Crippen molar-refractivity contribution < 1.29 is 9.59 Å². The highest BCUT2D eigenvalue weighted by atomic mass is 32.1. The molecule has 0 saturated carbocycles. The summed E-state index contributed by atoms with van der Waals surface area (Å²) < 4.78 is 4.27. The fourth-order valence-electron chi connectivity index (χ4n) is 3.04. The molecule has 0 aliphatic carbocycles. The molecule has 2 N–H and O–H groups in total. The van der Waals surface area contributed by atoms with Gasteiger partial charge in [0.2, 0.25) is 0 Å². The van der Waals surface area contributed by atoms with Crippen LogP contribution < -0.4 is 10.6 Å². The second-order valence-corrected chi connectivity index (χ2v) is 6.90. The molecule has 0 bridgehead atoms. The third-order valence-corrected chi connectivity index (χ3v) is 5.41. The van der Waals surface area contributed by atoms with Crippen LogP contribution in [0.3, 0.4) is 0 Å². The van der Waals surface area contributed by atoms with Gasteiger partial charge in [0.25, 0.3) is 11.8 Å². The lowest BCUT2D eigenvalue weighted by Crippen LogP contribution is -2.46. The Morgan fingerprint density at radius 1 is 1.20 bits per heavy atom. The van der Waals surface area contributed by atoms with Crippen molar-refractivity contribution in [3.05, 3.63) is 47.2 Å². The summed E-state index contributed by atoms with van der Waals surface area (Å²) in [5, 5.41) is 6.91. The minimum Gasteiger partial charge on any atom is -0.378 e. The second-order valence-electron chi connectivity index (χ2n) is 6.13. The molecule has 7 heteroatoms. The Bertz CT molecular complexity index is 752. The van der Waals surface area contributed by atoms with Crippen molar-refractivity contribution in [2.75, 3.05) is 25.5 Å². The molecule has 25 heavy (non-hydrogen) atoms. The number of hydrogen-bond donors (Lipinski definition) is 2. The van der Waals surface area contributed by atoms with Crippen LogP contribution in [0.1, 0.15) is 39.3 Å². The molecule has 3 rings (SSSR count). The standard InChI is InChI=1S/C18H22N4O2S/c1-12-15(17(19-2)25-21-12)18(24)22-10-8-14(9-11-22)20-16(23)13-6-4-3-5-7-13/h3-7,14,19H,8-11H2,1-2H3,(H,20,23). The molecule has 1 fully saturated rings. The Balaban J connectivity index is 1.57. The Morgan fingerprint density at radius 2 is 1.88 bits per heavy atom. The van der Waals surface area contributed by atoms with E-state index in [1.165, 1.54) is 11.5 Å². The molecule has 0 atom stereocenters. The zero-order chi connectivity index (χ0) is 17.8. The minimum absolute atomic E-state index is 0.0171. The molecule has 132 valence electrons. The Kier molecular flexibility index (Phi) is 5.33. The largest absolute Gasteiger partial charge is 0.378 e. The number of aromatic nitrogens is 1. The first-order chi connectivity index (χ1) is 12.1. The molecule has 1 aliphatic heterocycles.